The summed E-state index contributed by atoms with van der Waals surface area (Å²) in [7, 11) is 1.69. The molecule has 0 radical (unpaired) electrons. The van der Waals surface area contributed by atoms with Crippen LogP contribution in [0.15, 0.2) is 24.3 Å². The van der Waals surface area contributed by atoms with Crippen LogP contribution in [-0.2, 0) is 11.3 Å². The molecule has 1 aliphatic carbocycles. The number of hydrogen-bond acceptors (Lipinski definition) is 3. The lowest BCUT2D eigenvalue weighted by molar-refractivity contribution is -0.146. The van der Waals surface area contributed by atoms with E-state index in [9.17, 15) is 4.79 Å². The van der Waals surface area contributed by atoms with Gasteiger partial charge in [0.05, 0.1) is 12.5 Å². The molecule has 1 aromatic carbocycles. The highest BCUT2D eigenvalue weighted by atomic mass is 16.5. The summed E-state index contributed by atoms with van der Waals surface area (Å²) in [4.78, 5) is 17.9. The number of nitrogens with zero attached hydrogens (tertiary/aromatic N) is 2. The number of carbonyl (C=O) groups is 1. The molecule has 1 aromatic rings. The van der Waals surface area contributed by atoms with Crippen LogP contribution in [0.25, 0.3) is 0 Å². The Kier molecular flexibility index (Phi) is 4.25. The van der Waals surface area contributed by atoms with Gasteiger partial charge in [-0.2, -0.15) is 0 Å². The summed E-state index contributed by atoms with van der Waals surface area (Å²) in [5, 5.41) is 0. The number of rotatable bonds is 5. The van der Waals surface area contributed by atoms with Crippen LogP contribution in [0.2, 0.25) is 0 Å². The molecular formula is C20H28N2O2. The fraction of sp³-hybridized carbons (Fsp3) is 0.650. The summed E-state index contributed by atoms with van der Waals surface area (Å²) in [6.45, 7) is 4.90. The minimum Gasteiger partial charge on any atom is -0.497 e. The minimum absolute atomic E-state index is 0.105. The van der Waals surface area contributed by atoms with Crippen LogP contribution in [0.5, 0.6) is 5.75 Å². The van der Waals surface area contributed by atoms with E-state index in [1.807, 2.05) is 18.2 Å². The topological polar surface area (TPSA) is 32.8 Å². The molecule has 4 nitrogen and oxygen atoms in total. The maximum Gasteiger partial charge on any atom is 0.230 e. The quantitative estimate of drug-likeness (QED) is 0.833. The number of methoxy groups -OCH3 is 1. The average molecular weight is 328 g/mol. The molecule has 4 rings (SSSR count). The number of piperidine rings is 1. The van der Waals surface area contributed by atoms with Crippen LogP contribution in [0.3, 0.4) is 0 Å². The predicted octanol–water partition coefficient (Wildman–Crippen LogP) is 2.92. The highest BCUT2D eigenvalue weighted by Crippen LogP contribution is 2.42. The second-order valence-electron chi connectivity index (χ2n) is 7.89. The van der Waals surface area contributed by atoms with E-state index >= 15 is 0 Å². The monoisotopic (exact) mass is 328 g/mol. The molecule has 4 heteroatoms. The zero-order valence-electron chi connectivity index (χ0n) is 14.7. The zero-order chi connectivity index (χ0) is 16.6. The first-order valence-corrected chi connectivity index (χ1v) is 9.33. The molecule has 1 spiro atoms. The van der Waals surface area contributed by atoms with Crippen molar-refractivity contribution in [3.63, 3.8) is 0 Å². The zero-order valence-corrected chi connectivity index (χ0v) is 14.7. The molecule has 1 saturated carbocycles. The van der Waals surface area contributed by atoms with Gasteiger partial charge in [-0.3, -0.25) is 4.79 Å². The number of carbonyl (C=O) groups excluding carboxylic acids is 1. The number of hydrogen-bond donors (Lipinski definition) is 0. The Morgan fingerprint density at radius 3 is 2.92 bits per heavy atom. The molecule has 1 amide bonds. The van der Waals surface area contributed by atoms with Gasteiger partial charge in [-0.15, -0.1) is 0 Å². The summed E-state index contributed by atoms with van der Waals surface area (Å²) >= 11 is 0. The van der Waals surface area contributed by atoms with Gasteiger partial charge in [-0.1, -0.05) is 12.1 Å². The Labute approximate surface area is 144 Å². The van der Waals surface area contributed by atoms with Crippen molar-refractivity contribution < 1.29 is 9.53 Å². The van der Waals surface area contributed by atoms with Crippen LogP contribution < -0.4 is 4.74 Å². The van der Waals surface area contributed by atoms with E-state index in [1.165, 1.54) is 19.4 Å². The van der Waals surface area contributed by atoms with Crippen LogP contribution in [-0.4, -0.2) is 49.0 Å². The third-order valence-corrected chi connectivity index (χ3v) is 5.98. The molecule has 0 N–H and O–H groups in total. The van der Waals surface area contributed by atoms with Crippen LogP contribution in [0.4, 0.5) is 0 Å². The fourth-order valence-electron chi connectivity index (χ4n) is 4.45. The summed E-state index contributed by atoms with van der Waals surface area (Å²) in [6, 6.07) is 8.09. The molecule has 130 valence electrons. The Balaban J connectivity index is 1.44. The largest absolute Gasteiger partial charge is 0.497 e. The van der Waals surface area contributed by atoms with Crippen LogP contribution in [0.1, 0.15) is 37.7 Å². The second kappa shape index (κ2) is 6.40. The molecule has 1 unspecified atom stereocenters. The maximum atomic E-state index is 13.2. The van der Waals surface area contributed by atoms with Crippen LogP contribution >= 0.6 is 0 Å². The van der Waals surface area contributed by atoms with Crippen molar-refractivity contribution in [1.29, 1.82) is 0 Å². The predicted molar refractivity (Wildman–Crippen MR) is 93.9 cm³/mol. The van der Waals surface area contributed by atoms with Gasteiger partial charge in [-0.05, 0) is 62.3 Å². The minimum atomic E-state index is -0.105. The highest BCUT2D eigenvalue weighted by Gasteiger charge is 2.48. The lowest BCUT2D eigenvalue weighted by Gasteiger charge is -2.39. The van der Waals surface area contributed by atoms with Crippen LogP contribution in [0, 0.1) is 11.3 Å². The van der Waals surface area contributed by atoms with Gasteiger partial charge < -0.3 is 14.5 Å². The van der Waals surface area contributed by atoms with E-state index < -0.39 is 0 Å². The molecule has 2 heterocycles. The van der Waals surface area contributed by atoms with Crippen molar-refractivity contribution in [2.75, 3.05) is 33.3 Å². The van der Waals surface area contributed by atoms with Gasteiger partial charge in [0.25, 0.3) is 0 Å². The van der Waals surface area contributed by atoms with E-state index in [-0.39, 0.29) is 5.41 Å². The first-order valence-electron chi connectivity index (χ1n) is 9.33. The Bertz CT molecular complexity index is 613. The van der Waals surface area contributed by atoms with Gasteiger partial charge in [0, 0.05) is 26.2 Å². The molecular weight excluding hydrogens is 300 g/mol. The summed E-state index contributed by atoms with van der Waals surface area (Å²) in [6.07, 6.45) is 6.03. The van der Waals surface area contributed by atoms with Crippen molar-refractivity contribution in [3.05, 3.63) is 29.8 Å². The molecule has 24 heavy (non-hydrogen) atoms. The average Bonchev–Trinajstić information content (AvgIpc) is 3.32. The van der Waals surface area contributed by atoms with Crippen molar-refractivity contribution in [2.45, 2.75) is 38.6 Å². The van der Waals surface area contributed by atoms with Gasteiger partial charge in [0.2, 0.25) is 5.91 Å². The van der Waals surface area contributed by atoms with Gasteiger partial charge >= 0.3 is 0 Å². The number of benzene rings is 1. The van der Waals surface area contributed by atoms with E-state index in [0.717, 1.165) is 56.1 Å². The van der Waals surface area contributed by atoms with Gasteiger partial charge in [0.15, 0.2) is 0 Å². The third kappa shape index (κ3) is 3.16. The lowest BCUT2D eigenvalue weighted by atomic mass is 9.78. The van der Waals surface area contributed by atoms with Crippen molar-refractivity contribution in [2.24, 2.45) is 11.3 Å². The normalized spacial score (nSPS) is 27.9. The first-order chi connectivity index (χ1) is 11.7. The molecule has 2 saturated heterocycles. The van der Waals surface area contributed by atoms with E-state index in [0.29, 0.717) is 12.5 Å². The smallest absolute Gasteiger partial charge is 0.230 e. The molecule has 0 aromatic heterocycles. The number of amides is 1. The molecule has 2 aliphatic heterocycles. The standard InChI is InChI=1S/C20H28N2O2/c1-24-18-5-2-4-17(12-18)14-22-10-3-8-20(19(22)23)9-11-21(15-20)13-16-6-7-16/h2,4-5,12,16H,3,6-11,13-15H2,1H3. The van der Waals surface area contributed by atoms with Gasteiger partial charge in [0.1, 0.15) is 5.75 Å². The Morgan fingerprint density at radius 1 is 1.25 bits per heavy atom. The molecule has 1 atom stereocenters. The number of likely N-dealkylation sites (tertiary alicyclic amines) is 2. The summed E-state index contributed by atoms with van der Waals surface area (Å²) in [5.74, 6) is 2.16. The Morgan fingerprint density at radius 2 is 2.12 bits per heavy atom. The molecule has 3 aliphatic rings. The Hall–Kier alpha value is -1.55. The van der Waals surface area contributed by atoms with Crippen molar-refractivity contribution in [3.8, 4) is 5.75 Å². The summed E-state index contributed by atoms with van der Waals surface area (Å²) in [5.41, 5.74) is 1.05. The van der Waals surface area contributed by atoms with E-state index in [1.54, 1.807) is 7.11 Å². The lowest BCUT2D eigenvalue weighted by Crippen LogP contribution is -2.49. The second-order valence-corrected chi connectivity index (χ2v) is 7.89. The molecule has 0 bridgehead atoms. The number of ether oxygens (including phenoxy) is 1. The molecule has 3 fully saturated rings. The highest BCUT2D eigenvalue weighted by molar-refractivity contribution is 5.84. The van der Waals surface area contributed by atoms with Crippen molar-refractivity contribution in [1.82, 2.24) is 9.80 Å². The fourth-order valence-corrected chi connectivity index (χ4v) is 4.45. The summed E-state index contributed by atoms with van der Waals surface area (Å²) < 4.78 is 5.31. The SMILES string of the molecule is COc1cccc(CN2CCCC3(CCN(CC4CC4)C3)C2=O)c1. The van der Waals surface area contributed by atoms with Gasteiger partial charge in [-0.25, -0.2) is 0 Å². The maximum absolute atomic E-state index is 13.2. The van der Waals surface area contributed by atoms with E-state index in [2.05, 4.69) is 15.9 Å². The third-order valence-electron chi connectivity index (χ3n) is 5.98. The first kappa shape index (κ1) is 15.9. The van der Waals surface area contributed by atoms with E-state index in [4.69, 9.17) is 4.74 Å². The van der Waals surface area contributed by atoms with Crippen molar-refractivity contribution >= 4 is 5.91 Å².